The Bertz CT molecular complexity index is 443. The topological polar surface area (TPSA) is 49.6 Å². The highest BCUT2D eigenvalue weighted by Gasteiger charge is 2.21. The van der Waals surface area contributed by atoms with Gasteiger partial charge in [-0.1, -0.05) is 6.07 Å². The van der Waals surface area contributed by atoms with E-state index in [9.17, 15) is 4.79 Å². The number of nitrogens with zero attached hydrogens (tertiary/aromatic N) is 2. The SMILES string of the molecule is CCN(C(=O)c1cc(N)ccc1C)C(C)CN(C)C. The van der Waals surface area contributed by atoms with Crippen LogP contribution in [-0.4, -0.2) is 48.9 Å². The zero-order chi connectivity index (χ0) is 14.6. The molecule has 106 valence electrons. The van der Waals surface area contributed by atoms with Gasteiger partial charge in [-0.2, -0.15) is 0 Å². The van der Waals surface area contributed by atoms with Crippen LogP contribution in [0.2, 0.25) is 0 Å². The van der Waals surface area contributed by atoms with Crippen molar-refractivity contribution in [3.63, 3.8) is 0 Å². The summed E-state index contributed by atoms with van der Waals surface area (Å²) in [4.78, 5) is 16.6. The molecule has 0 aromatic heterocycles. The van der Waals surface area contributed by atoms with Crippen LogP contribution in [0.3, 0.4) is 0 Å². The van der Waals surface area contributed by atoms with E-state index < -0.39 is 0 Å². The maximum absolute atomic E-state index is 12.6. The monoisotopic (exact) mass is 263 g/mol. The molecule has 1 aromatic carbocycles. The first kappa shape index (κ1) is 15.5. The molecule has 0 saturated carbocycles. The first-order valence-electron chi connectivity index (χ1n) is 6.68. The van der Waals surface area contributed by atoms with Crippen LogP contribution in [0.1, 0.15) is 29.8 Å². The highest BCUT2D eigenvalue weighted by Crippen LogP contribution is 2.16. The molecular formula is C15H25N3O. The number of carbonyl (C=O) groups excluding carboxylic acids is 1. The van der Waals surface area contributed by atoms with Crippen molar-refractivity contribution in [3.05, 3.63) is 29.3 Å². The number of rotatable bonds is 5. The Hall–Kier alpha value is -1.55. The van der Waals surface area contributed by atoms with Crippen molar-refractivity contribution < 1.29 is 4.79 Å². The summed E-state index contributed by atoms with van der Waals surface area (Å²) < 4.78 is 0. The van der Waals surface area contributed by atoms with E-state index in [2.05, 4.69) is 11.8 Å². The summed E-state index contributed by atoms with van der Waals surface area (Å²) in [5, 5.41) is 0. The molecule has 4 heteroatoms. The van der Waals surface area contributed by atoms with E-state index in [0.717, 1.165) is 12.1 Å². The third kappa shape index (κ3) is 3.96. The van der Waals surface area contributed by atoms with Crippen LogP contribution in [0.25, 0.3) is 0 Å². The van der Waals surface area contributed by atoms with Gasteiger partial charge in [-0.25, -0.2) is 0 Å². The Balaban J connectivity index is 2.98. The highest BCUT2D eigenvalue weighted by atomic mass is 16.2. The van der Waals surface area contributed by atoms with Gasteiger partial charge in [0, 0.05) is 30.4 Å². The number of nitrogens with two attached hydrogens (primary N) is 1. The van der Waals surface area contributed by atoms with E-state index >= 15 is 0 Å². The van der Waals surface area contributed by atoms with Gasteiger partial charge in [0.25, 0.3) is 5.91 Å². The fourth-order valence-electron chi connectivity index (χ4n) is 2.31. The standard InChI is InChI=1S/C15H25N3O/c1-6-18(12(3)10-17(4)5)15(19)14-9-13(16)8-7-11(14)2/h7-9,12H,6,10,16H2,1-5H3. The molecule has 2 N–H and O–H groups in total. The van der Waals surface area contributed by atoms with Gasteiger partial charge in [0.2, 0.25) is 0 Å². The maximum Gasteiger partial charge on any atom is 0.254 e. The van der Waals surface area contributed by atoms with E-state index in [1.165, 1.54) is 0 Å². The summed E-state index contributed by atoms with van der Waals surface area (Å²) >= 11 is 0. The smallest absolute Gasteiger partial charge is 0.254 e. The predicted octanol–water partition coefficient (Wildman–Crippen LogP) is 1.99. The van der Waals surface area contributed by atoms with Gasteiger partial charge in [-0.05, 0) is 52.6 Å². The fourth-order valence-corrected chi connectivity index (χ4v) is 2.31. The quantitative estimate of drug-likeness (QED) is 0.827. The first-order valence-corrected chi connectivity index (χ1v) is 6.68. The van der Waals surface area contributed by atoms with Crippen molar-refractivity contribution in [1.82, 2.24) is 9.80 Å². The second-order valence-electron chi connectivity index (χ2n) is 5.28. The average Bonchev–Trinajstić information content (AvgIpc) is 2.32. The number of anilines is 1. The summed E-state index contributed by atoms with van der Waals surface area (Å²) in [7, 11) is 4.03. The van der Waals surface area contributed by atoms with Gasteiger partial charge in [-0.15, -0.1) is 0 Å². The van der Waals surface area contributed by atoms with Crippen molar-refractivity contribution in [2.24, 2.45) is 0 Å². The Kier molecular flexibility index (Phi) is 5.36. The molecule has 19 heavy (non-hydrogen) atoms. The van der Waals surface area contributed by atoms with Crippen molar-refractivity contribution >= 4 is 11.6 Å². The molecule has 0 saturated heterocycles. The van der Waals surface area contributed by atoms with Gasteiger partial charge >= 0.3 is 0 Å². The molecule has 1 amide bonds. The minimum Gasteiger partial charge on any atom is -0.399 e. The van der Waals surface area contributed by atoms with Crippen LogP contribution >= 0.6 is 0 Å². The third-order valence-corrected chi connectivity index (χ3v) is 3.26. The van der Waals surface area contributed by atoms with E-state index in [4.69, 9.17) is 5.73 Å². The number of hydrogen-bond donors (Lipinski definition) is 1. The summed E-state index contributed by atoms with van der Waals surface area (Å²) in [5.74, 6) is 0.0571. The van der Waals surface area contributed by atoms with Crippen LogP contribution in [-0.2, 0) is 0 Å². The molecule has 1 atom stereocenters. The van der Waals surface area contributed by atoms with Crippen molar-refractivity contribution in [2.75, 3.05) is 32.9 Å². The summed E-state index contributed by atoms with van der Waals surface area (Å²) in [6.07, 6.45) is 0. The van der Waals surface area contributed by atoms with Crippen molar-refractivity contribution in [1.29, 1.82) is 0 Å². The molecule has 0 heterocycles. The van der Waals surface area contributed by atoms with E-state index in [1.807, 2.05) is 45.0 Å². The lowest BCUT2D eigenvalue weighted by molar-refractivity contribution is 0.0678. The second kappa shape index (κ2) is 6.57. The van der Waals surface area contributed by atoms with Gasteiger partial charge in [0.05, 0.1) is 0 Å². The first-order chi connectivity index (χ1) is 8.86. The molecule has 4 nitrogen and oxygen atoms in total. The van der Waals surface area contributed by atoms with E-state index in [0.29, 0.717) is 17.8 Å². The number of nitrogen functional groups attached to an aromatic ring is 1. The van der Waals surface area contributed by atoms with Crippen LogP contribution < -0.4 is 5.73 Å². The summed E-state index contributed by atoms with van der Waals surface area (Å²) in [6.45, 7) is 7.56. The Labute approximate surface area is 116 Å². The molecule has 0 spiro atoms. The fraction of sp³-hybridized carbons (Fsp3) is 0.533. The molecule has 0 fully saturated rings. The van der Waals surface area contributed by atoms with Gasteiger partial charge in [0.1, 0.15) is 0 Å². The van der Waals surface area contributed by atoms with Crippen LogP contribution in [0.15, 0.2) is 18.2 Å². The number of benzene rings is 1. The molecule has 0 aliphatic carbocycles. The van der Waals surface area contributed by atoms with Gasteiger partial charge < -0.3 is 15.5 Å². The average molecular weight is 263 g/mol. The lowest BCUT2D eigenvalue weighted by Crippen LogP contribution is -2.43. The number of amides is 1. The van der Waals surface area contributed by atoms with Crippen LogP contribution in [0, 0.1) is 6.92 Å². The minimum absolute atomic E-state index is 0.0571. The normalized spacial score (nSPS) is 12.5. The summed E-state index contributed by atoms with van der Waals surface area (Å²) in [6, 6.07) is 5.66. The Morgan fingerprint density at radius 1 is 1.37 bits per heavy atom. The molecule has 1 unspecified atom stereocenters. The Morgan fingerprint density at radius 3 is 2.53 bits per heavy atom. The molecule has 1 rings (SSSR count). The maximum atomic E-state index is 12.6. The number of aryl methyl sites for hydroxylation is 1. The highest BCUT2D eigenvalue weighted by molar-refractivity contribution is 5.96. The third-order valence-electron chi connectivity index (χ3n) is 3.26. The van der Waals surface area contributed by atoms with E-state index in [1.54, 1.807) is 6.07 Å². The van der Waals surface area contributed by atoms with Crippen LogP contribution in [0.5, 0.6) is 0 Å². The molecule has 0 aliphatic rings. The summed E-state index contributed by atoms with van der Waals surface area (Å²) in [5.41, 5.74) is 8.08. The van der Waals surface area contributed by atoms with Crippen molar-refractivity contribution in [2.45, 2.75) is 26.8 Å². The number of hydrogen-bond acceptors (Lipinski definition) is 3. The van der Waals surface area contributed by atoms with E-state index in [-0.39, 0.29) is 11.9 Å². The lowest BCUT2D eigenvalue weighted by Gasteiger charge is -2.30. The minimum atomic E-state index is 0.0571. The number of carbonyl (C=O) groups is 1. The zero-order valence-corrected chi connectivity index (χ0v) is 12.6. The molecule has 0 aliphatic heterocycles. The van der Waals surface area contributed by atoms with Crippen molar-refractivity contribution in [3.8, 4) is 0 Å². The molecule has 1 aromatic rings. The zero-order valence-electron chi connectivity index (χ0n) is 12.6. The number of likely N-dealkylation sites (N-methyl/N-ethyl adjacent to an activating group) is 2. The molecule has 0 radical (unpaired) electrons. The molecule has 0 bridgehead atoms. The van der Waals surface area contributed by atoms with Gasteiger partial charge in [0.15, 0.2) is 0 Å². The molecular weight excluding hydrogens is 238 g/mol. The second-order valence-corrected chi connectivity index (χ2v) is 5.28. The largest absolute Gasteiger partial charge is 0.399 e. The van der Waals surface area contributed by atoms with Gasteiger partial charge in [-0.3, -0.25) is 4.79 Å². The lowest BCUT2D eigenvalue weighted by atomic mass is 10.1. The Morgan fingerprint density at radius 2 is 2.00 bits per heavy atom. The van der Waals surface area contributed by atoms with Crippen LogP contribution in [0.4, 0.5) is 5.69 Å². The predicted molar refractivity (Wildman–Crippen MR) is 80.3 cm³/mol.